The van der Waals surface area contributed by atoms with Gasteiger partial charge in [-0.2, -0.15) is 0 Å². The maximum atomic E-state index is 12.1. The molecule has 0 saturated heterocycles. The molecule has 1 heterocycles. The van der Waals surface area contributed by atoms with Crippen LogP contribution in [-0.4, -0.2) is 13.4 Å². The Kier molecular flexibility index (Phi) is 4.01. The molecule has 0 unspecified atom stereocenters. The third-order valence-corrected chi connectivity index (χ3v) is 6.56. The zero-order valence-corrected chi connectivity index (χ0v) is 14.9. The van der Waals surface area contributed by atoms with Crippen LogP contribution in [0.5, 0.6) is 0 Å². The Morgan fingerprint density at radius 1 is 0.920 bits per heavy atom. The summed E-state index contributed by atoms with van der Waals surface area (Å²) in [4.78, 5) is 4.57. The number of sulfonamides is 1. The standard InChI is InChI=1S/C20H22N2O2S/c21-25(23,24)18-9-6-12-22-19(18)17-14-20(10-4-5-11-20)13-16(17)15-7-2-1-3-8-15/h1-3,6-9,12H,4-5,10-11,13-14H2,(H2,21,23,24). The molecule has 0 amide bonds. The van der Waals surface area contributed by atoms with E-state index in [9.17, 15) is 8.42 Å². The van der Waals surface area contributed by atoms with Crippen LogP contribution in [0.3, 0.4) is 0 Å². The van der Waals surface area contributed by atoms with E-state index in [1.54, 1.807) is 18.3 Å². The molecule has 4 rings (SSSR count). The van der Waals surface area contributed by atoms with E-state index in [0.717, 1.165) is 24.0 Å². The van der Waals surface area contributed by atoms with Gasteiger partial charge >= 0.3 is 0 Å². The summed E-state index contributed by atoms with van der Waals surface area (Å²) in [6.45, 7) is 0. The molecule has 2 aromatic rings. The molecule has 1 spiro atoms. The average molecular weight is 354 g/mol. The van der Waals surface area contributed by atoms with Gasteiger partial charge in [0.15, 0.2) is 0 Å². The van der Waals surface area contributed by atoms with Crippen molar-refractivity contribution in [3.8, 4) is 0 Å². The number of pyridine rings is 1. The number of rotatable bonds is 3. The highest BCUT2D eigenvalue weighted by Gasteiger charge is 2.42. The molecule has 2 N–H and O–H groups in total. The van der Waals surface area contributed by atoms with Gasteiger partial charge in [-0.1, -0.05) is 43.2 Å². The molecule has 2 aliphatic rings. The highest BCUT2D eigenvalue weighted by atomic mass is 32.2. The molecular formula is C20H22N2O2S. The van der Waals surface area contributed by atoms with Gasteiger partial charge in [0, 0.05) is 6.20 Å². The van der Waals surface area contributed by atoms with E-state index in [0.29, 0.717) is 5.69 Å². The van der Waals surface area contributed by atoms with Crippen molar-refractivity contribution in [1.29, 1.82) is 0 Å². The average Bonchev–Trinajstić information content (AvgIpc) is 3.22. The predicted octanol–water partition coefficient (Wildman–Crippen LogP) is 3.99. The van der Waals surface area contributed by atoms with Gasteiger partial charge in [-0.05, 0) is 59.9 Å². The number of hydrogen-bond acceptors (Lipinski definition) is 3. The van der Waals surface area contributed by atoms with Crippen LogP contribution in [0, 0.1) is 5.41 Å². The second-order valence-electron chi connectivity index (χ2n) is 7.28. The van der Waals surface area contributed by atoms with Crippen LogP contribution in [0.1, 0.15) is 49.8 Å². The van der Waals surface area contributed by atoms with Crippen molar-refractivity contribution in [3.05, 3.63) is 59.9 Å². The smallest absolute Gasteiger partial charge is 0.240 e. The molecule has 2 aliphatic carbocycles. The van der Waals surface area contributed by atoms with Crippen molar-refractivity contribution >= 4 is 21.2 Å². The molecule has 1 aromatic carbocycles. The second-order valence-corrected chi connectivity index (χ2v) is 8.81. The summed E-state index contributed by atoms with van der Waals surface area (Å²) < 4.78 is 24.2. The van der Waals surface area contributed by atoms with Gasteiger partial charge in [0.1, 0.15) is 4.90 Å². The summed E-state index contributed by atoms with van der Waals surface area (Å²) in [5.74, 6) is 0. The lowest BCUT2D eigenvalue weighted by atomic mass is 9.81. The molecule has 0 aliphatic heterocycles. The number of nitrogens with zero attached hydrogens (tertiary/aromatic N) is 1. The first-order chi connectivity index (χ1) is 12.0. The fourth-order valence-corrected chi connectivity index (χ4v) is 5.21. The Hall–Kier alpha value is -1.98. The zero-order chi connectivity index (χ0) is 17.5. The quantitative estimate of drug-likeness (QED) is 0.905. The van der Waals surface area contributed by atoms with Gasteiger partial charge in [-0.15, -0.1) is 0 Å². The summed E-state index contributed by atoms with van der Waals surface area (Å²) in [7, 11) is -3.81. The topological polar surface area (TPSA) is 73.1 Å². The van der Waals surface area contributed by atoms with Gasteiger partial charge in [0.05, 0.1) is 5.69 Å². The van der Waals surface area contributed by atoms with Gasteiger partial charge in [0.25, 0.3) is 0 Å². The van der Waals surface area contributed by atoms with Crippen molar-refractivity contribution in [2.24, 2.45) is 10.6 Å². The van der Waals surface area contributed by atoms with E-state index in [2.05, 4.69) is 17.1 Å². The number of aromatic nitrogens is 1. The highest BCUT2D eigenvalue weighted by Crippen LogP contribution is 2.57. The minimum absolute atomic E-state index is 0.133. The predicted molar refractivity (Wildman–Crippen MR) is 99.0 cm³/mol. The monoisotopic (exact) mass is 354 g/mol. The van der Waals surface area contributed by atoms with Gasteiger partial charge in [0.2, 0.25) is 10.0 Å². The molecule has 130 valence electrons. The number of benzene rings is 1. The zero-order valence-electron chi connectivity index (χ0n) is 14.1. The number of primary sulfonamides is 1. The molecule has 0 atom stereocenters. The van der Waals surface area contributed by atoms with Crippen LogP contribution < -0.4 is 5.14 Å². The van der Waals surface area contributed by atoms with Crippen LogP contribution in [0.4, 0.5) is 0 Å². The minimum Gasteiger partial charge on any atom is -0.255 e. The van der Waals surface area contributed by atoms with E-state index in [4.69, 9.17) is 5.14 Å². The molecule has 0 radical (unpaired) electrons. The normalized spacial score (nSPS) is 19.7. The molecule has 1 aromatic heterocycles. The van der Waals surface area contributed by atoms with Crippen LogP contribution in [-0.2, 0) is 10.0 Å². The molecule has 1 saturated carbocycles. The van der Waals surface area contributed by atoms with Crippen LogP contribution in [0.15, 0.2) is 53.6 Å². The Labute approximate surface area is 148 Å². The Morgan fingerprint density at radius 3 is 2.28 bits per heavy atom. The minimum atomic E-state index is -3.81. The fourth-order valence-electron chi connectivity index (χ4n) is 4.49. The lowest BCUT2D eigenvalue weighted by Crippen LogP contribution is -2.16. The van der Waals surface area contributed by atoms with Crippen LogP contribution >= 0.6 is 0 Å². The third-order valence-electron chi connectivity index (χ3n) is 5.62. The van der Waals surface area contributed by atoms with E-state index in [-0.39, 0.29) is 10.3 Å². The van der Waals surface area contributed by atoms with E-state index in [1.165, 1.54) is 31.3 Å². The summed E-state index contributed by atoms with van der Waals surface area (Å²) in [6, 6.07) is 13.4. The first kappa shape index (κ1) is 16.5. The fraction of sp³-hybridized carbons (Fsp3) is 0.350. The Morgan fingerprint density at radius 2 is 1.60 bits per heavy atom. The van der Waals surface area contributed by atoms with Gasteiger partial charge < -0.3 is 0 Å². The van der Waals surface area contributed by atoms with E-state index >= 15 is 0 Å². The maximum Gasteiger partial charge on any atom is 0.240 e. The lowest BCUT2D eigenvalue weighted by Gasteiger charge is -2.23. The van der Waals surface area contributed by atoms with Crippen molar-refractivity contribution in [1.82, 2.24) is 4.98 Å². The number of nitrogens with two attached hydrogens (primary N) is 1. The number of hydrogen-bond donors (Lipinski definition) is 1. The van der Waals surface area contributed by atoms with Gasteiger partial charge in [-0.3, -0.25) is 4.98 Å². The summed E-state index contributed by atoms with van der Waals surface area (Å²) >= 11 is 0. The van der Waals surface area contributed by atoms with Crippen molar-refractivity contribution < 1.29 is 8.42 Å². The van der Waals surface area contributed by atoms with E-state index in [1.807, 2.05) is 18.2 Å². The van der Waals surface area contributed by atoms with Crippen molar-refractivity contribution in [3.63, 3.8) is 0 Å². The SMILES string of the molecule is NS(=O)(=O)c1cccnc1C1=C(c2ccccc2)CC2(CCCC2)C1. The van der Waals surface area contributed by atoms with Crippen molar-refractivity contribution in [2.75, 3.05) is 0 Å². The first-order valence-electron chi connectivity index (χ1n) is 8.74. The highest BCUT2D eigenvalue weighted by molar-refractivity contribution is 7.89. The molecule has 1 fully saturated rings. The summed E-state index contributed by atoms with van der Waals surface area (Å²) in [6.07, 6.45) is 8.43. The van der Waals surface area contributed by atoms with Crippen molar-refractivity contribution in [2.45, 2.75) is 43.4 Å². The Bertz CT molecular complexity index is 927. The van der Waals surface area contributed by atoms with Crippen LogP contribution in [0.2, 0.25) is 0 Å². The largest absolute Gasteiger partial charge is 0.255 e. The van der Waals surface area contributed by atoms with Gasteiger partial charge in [-0.25, -0.2) is 13.6 Å². The second kappa shape index (κ2) is 6.07. The summed E-state index contributed by atoms with van der Waals surface area (Å²) in [5, 5.41) is 5.46. The molecule has 5 heteroatoms. The number of allylic oxidation sites excluding steroid dienone is 2. The molecule has 4 nitrogen and oxygen atoms in total. The summed E-state index contributed by atoms with van der Waals surface area (Å²) in [5.41, 5.74) is 4.23. The maximum absolute atomic E-state index is 12.1. The lowest BCUT2D eigenvalue weighted by molar-refractivity contribution is 0.329. The first-order valence-corrected chi connectivity index (χ1v) is 10.3. The molecule has 0 bridgehead atoms. The third kappa shape index (κ3) is 3.02. The molecular weight excluding hydrogens is 332 g/mol. The molecule has 25 heavy (non-hydrogen) atoms. The van der Waals surface area contributed by atoms with Crippen LogP contribution in [0.25, 0.3) is 11.1 Å². The Balaban J connectivity index is 1.90. The van der Waals surface area contributed by atoms with E-state index < -0.39 is 10.0 Å².